The first kappa shape index (κ1) is 45.4. The molecule has 0 heterocycles. The molecule has 0 aliphatic heterocycles. The molecule has 0 amide bonds. The highest BCUT2D eigenvalue weighted by molar-refractivity contribution is 6.16. The molecule has 0 saturated heterocycles. The van der Waals surface area contributed by atoms with E-state index in [1.54, 1.807) is 0 Å². The van der Waals surface area contributed by atoms with Crippen molar-refractivity contribution in [3.63, 3.8) is 0 Å². The van der Waals surface area contributed by atoms with E-state index < -0.39 is 0 Å². The number of anilines is 6. The maximum absolute atomic E-state index is 10.7. The minimum Gasteiger partial charge on any atom is -0.309 e. The van der Waals surface area contributed by atoms with Gasteiger partial charge in [-0.05, 0) is 120 Å². The SMILES string of the molecule is [C-]#[N+]c1c2ccc(C=Cc3ccc(N(c4cccc5ccccc45)c4cccc5ccccc45)cc3)cc2c(C#N)c2ccc(C=Cc3ccc(N(c4cccc5ccccc45)c4cccc5ccccc45)cc3)cc12. The van der Waals surface area contributed by atoms with Crippen LogP contribution in [0.4, 0.5) is 39.8 Å². The topological polar surface area (TPSA) is 34.6 Å². The Morgan fingerprint density at radius 1 is 0.316 bits per heavy atom. The maximum Gasteiger partial charge on any atom is 0.202 e. The van der Waals surface area contributed by atoms with Gasteiger partial charge in [0.15, 0.2) is 0 Å². The van der Waals surface area contributed by atoms with Crippen LogP contribution in [-0.2, 0) is 0 Å². The van der Waals surface area contributed by atoms with Gasteiger partial charge in [-0.25, -0.2) is 4.85 Å². The zero-order chi connectivity index (χ0) is 51.0. The summed E-state index contributed by atoms with van der Waals surface area (Å²) >= 11 is 0. The Balaban J connectivity index is 0.793. The first-order valence-corrected chi connectivity index (χ1v) is 25.5. The molecular formula is C72H46N4. The minimum atomic E-state index is 0.540. The van der Waals surface area contributed by atoms with Gasteiger partial charge in [0.2, 0.25) is 5.69 Å². The summed E-state index contributed by atoms with van der Waals surface area (Å²) in [6.07, 6.45) is 8.37. The maximum atomic E-state index is 10.7. The highest BCUT2D eigenvalue weighted by atomic mass is 15.2. The van der Waals surface area contributed by atoms with Gasteiger partial charge >= 0.3 is 0 Å². The molecule has 0 unspecified atom stereocenters. The summed E-state index contributed by atoms with van der Waals surface area (Å²) in [6, 6.07) is 92.1. The molecule has 0 saturated carbocycles. The third-order valence-electron chi connectivity index (χ3n) is 14.6. The second kappa shape index (κ2) is 19.5. The van der Waals surface area contributed by atoms with Crippen molar-refractivity contribution in [3.05, 3.63) is 294 Å². The summed E-state index contributed by atoms with van der Waals surface area (Å²) in [6.45, 7) is 8.40. The summed E-state index contributed by atoms with van der Waals surface area (Å²) in [5.74, 6) is 0. The molecule has 13 rings (SSSR count). The largest absolute Gasteiger partial charge is 0.309 e. The summed E-state index contributed by atoms with van der Waals surface area (Å²) < 4.78 is 0. The van der Waals surface area contributed by atoms with Gasteiger partial charge < -0.3 is 9.80 Å². The Kier molecular flexibility index (Phi) is 11.6. The van der Waals surface area contributed by atoms with Crippen molar-refractivity contribution in [2.75, 3.05) is 9.80 Å². The van der Waals surface area contributed by atoms with Crippen LogP contribution in [0.5, 0.6) is 0 Å². The van der Waals surface area contributed by atoms with Gasteiger partial charge in [0.25, 0.3) is 0 Å². The van der Waals surface area contributed by atoms with E-state index in [0.29, 0.717) is 11.3 Å². The van der Waals surface area contributed by atoms with Crippen LogP contribution in [0.15, 0.2) is 255 Å². The van der Waals surface area contributed by atoms with Gasteiger partial charge in [0, 0.05) is 32.9 Å². The van der Waals surface area contributed by atoms with Crippen molar-refractivity contribution < 1.29 is 0 Å². The Labute approximate surface area is 441 Å². The van der Waals surface area contributed by atoms with Crippen LogP contribution in [0.2, 0.25) is 0 Å². The standard InChI is InChI=1S/C72H46N4/c1-74-72-64-45-39-51(32-30-49-34-40-57(41-35-49)75(68-26-10-18-53-14-2-6-22-59(53)68)69-27-11-19-54-15-3-7-23-60(54)69)46-65(64)67(48-73)63-44-38-52(47-66(63)72)33-31-50-36-42-58(43-37-50)76(70-28-12-20-55-16-4-8-24-61(55)70)71-29-13-21-56-17-5-9-25-62(56)71/h2-47H. The molecule has 0 fully saturated rings. The third-order valence-corrected chi connectivity index (χ3v) is 14.6. The van der Waals surface area contributed by atoms with E-state index in [2.05, 4.69) is 263 Å². The quantitative estimate of drug-likeness (QED) is 0.0778. The van der Waals surface area contributed by atoms with Crippen molar-refractivity contribution in [1.82, 2.24) is 0 Å². The molecule has 354 valence electrons. The molecule has 0 aliphatic carbocycles. The summed E-state index contributed by atoms with van der Waals surface area (Å²) in [7, 11) is 0. The molecular weight excluding hydrogens is 921 g/mol. The highest BCUT2D eigenvalue weighted by Gasteiger charge is 2.20. The third kappa shape index (κ3) is 8.23. The number of benzene rings is 13. The van der Waals surface area contributed by atoms with Gasteiger partial charge in [0.1, 0.15) is 6.07 Å². The second-order valence-corrected chi connectivity index (χ2v) is 19.1. The van der Waals surface area contributed by atoms with E-state index in [1.165, 1.54) is 43.1 Å². The van der Waals surface area contributed by atoms with Crippen LogP contribution in [0.1, 0.15) is 27.8 Å². The molecule has 0 bridgehead atoms. The second-order valence-electron chi connectivity index (χ2n) is 19.1. The summed E-state index contributed by atoms with van der Waals surface area (Å²) in [4.78, 5) is 8.80. The van der Waals surface area contributed by atoms with Crippen LogP contribution >= 0.6 is 0 Å². The average molecular weight is 967 g/mol. The highest BCUT2D eigenvalue weighted by Crippen LogP contribution is 2.45. The number of hydrogen-bond donors (Lipinski definition) is 0. The van der Waals surface area contributed by atoms with Gasteiger partial charge in [-0.2, -0.15) is 5.26 Å². The first-order chi connectivity index (χ1) is 37.6. The Morgan fingerprint density at radius 3 is 1.03 bits per heavy atom. The van der Waals surface area contributed by atoms with E-state index in [-0.39, 0.29) is 0 Å². The lowest BCUT2D eigenvalue weighted by Gasteiger charge is -2.28. The van der Waals surface area contributed by atoms with Crippen molar-refractivity contribution in [2.45, 2.75) is 0 Å². The van der Waals surface area contributed by atoms with E-state index in [9.17, 15) is 5.26 Å². The first-order valence-electron chi connectivity index (χ1n) is 25.5. The fourth-order valence-electron chi connectivity index (χ4n) is 11.0. The van der Waals surface area contributed by atoms with Gasteiger partial charge in [-0.3, -0.25) is 0 Å². The van der Waals surface area contributed by atoms with Crippen LogP contribution < -0.4 is 9.80 Å². The van der Waals surface area contributed by atoms with E-state index >= 15 is 0 Å². The number of rotatable bonds is 10. The normalized spacial score (nSPS) is 11.6. The van der Waals surface area contributed by atoms with Crippen LogP contribution in [-0.4, -0.2) is 0 Å². The molecule has 0 aromatic heterocycles. The molecule has 13 aromatic rings. The van der Waals surface area contributed by atoms with Gasteiger partial charge in [-0.1, -0.05) is 224 Å². The molecule has 76 heavy (non-hydrogen) atoms. The number of hydrogen-bond acceptors (Lipinski definition) is 3. The fraction of sp³-hybridized carbons (Fsp3) is 0. The van der Waals surface area contributed by atoms with Crippen LogP contribution in [0, 0.1) is 17.9 Å². The fourth-order valence-corrected chi connectivity index (χ4v) is 11.0. The molecule has 4 heteroatoms. The Bertz CT molecular complexity index is 4080. The van der Waals surface area contributed by atoms with E-state index in [1.807, 2.05) is 36.4 Å². The number of nitrogens with zero attached hydrogens (tertiary/aromatic N) is 4. The molecule has 0 N–H and O–H groups in total. The molecule has 0 aliphatic rings. The lowest BCUT2D eigenvalue weighted by molar-refractivity contribution is 1.31. The smallest absolute Gasteiger partial charge is 0.202 e. The molecule has 0 atom stereocenters. The van der Waals surface area contributed by atoms with Crippen molar-refractivity contribution >= 4 is 129 Å². The zero-order valence-corrected chi connectivity index (χ0v) is 41.3. The Morgan fingerprint density at radius 2 is 0.645 bits per heavy atom. The Hall–Kier alpha value is -10.5. The van der Waals surface area contributed by atoms with E-state index in [4.69, 9.17) is 6.57 Å². The van der Waals surface area contributed by atoms with Crippen LogP contribution in [0.3, 0.4) is 0 Å². The predicted octanol–water partition coefficient (Wildman–Crippen LogP) is 20.3. The number of fused-ring (bicyclic) bond motifs is 6. The summed E-state index contributed by atoms with van der Waals surface area (Å²) in [5, 5.41) is 23.2. The zero-order valence-electron chi connectivity index (χ0n) is 41.3. The molecule has 4 nitrogen and oxygen atoms in total. The van der Waals surface area contributed by atoms with Crippen molar-refractivity contribution in [2.24, 2.45) is 0 Å². The summed E-state index contributed by atoms with van der Waals surface area (Å²) in [5.41, 5.74) is 11.6. The predicted molar refractivity (Wildman–Crippen MR) is 323 cm³/mol. The van der Waals surface area contributed by atoms with Crippen molar-refractivity contribution in [1.29, 1.82) is 5.26 Å². The average Bonchev–Trinajstić information content (AvgIpc) is 3.49. The molecule has 13 aromatic carbocycles. The monoisotopic (exact) mass is 966 g/mol. The molecule has 0 radical (unpaired) electrons. The minimum absolute atomic E-state index is 0.540. The van der Waals surface area contributed by atoms with Gasteiger partial charge in [0.05, 0.1) is 34.9 Å². The van der Waals surface area contributed by atoms with Crippen molar-refractivity contribution in [3.8, 4) is 6.07 Å². The van der Waals surface area contributed by atoms with E-state index in [0.717, 1.165) is 77.9 Å². The lowest BCUT2D eigenvalue weighted by Crippen LogP contribution is -2.11. The number of nitriles is 1. The van der Waals surface area contributed by atoms with Crippen LogP contribution in [0.25, 0.3) is 93.8 Å². The lowest BCUT2D eigenvalue weighted by atomic mass is 9.93. The van der Waals surface area contributed by atoms with Gasteiger partial charge in [-0.15, -0.1) is 0 Å². The molecule has 0 spiro atoms.